The van der Waals surface area contributed by atoms with E-state index in [4.69, 9.17) is 0 Å². The van der Waals surface area contributed by atoms with Gasteiger partial charge in [-0.1, -0.05) is 19.8 Å². The van der Waals surface area contributed by atoms with Gasteiger partial charge in [-0.3, -0.25) is 4.98 Å². The van der Waals surface area contributed by atoms with E-state index in [1.165, 1.54) is 31.2 Å². The molecule has 1 rings (SSSR count). The highest BCUT2D eigenvalue weighted by Gasteiger charge is 1.96. The van der Waals surface area contributed by atoms with E-state index in [0.717, 1.165) is 11.4 Å². The molecule has 0 aliphatic rings. The van der Waals surface area contributed by atoms with Gasteiger partial charge in [-0.15, -0.1) is 0 Å². The molecule has 0 saturated heterocycles. The fourth-order valence-electron chi connectivity index (χ4n) is 1.64. The first kappa shape index (κ1) is 10.2. The topological polar surface area (TPSA) is 12.9 Å². The average Bonchev–Trinajstić information content (AvgIpc) is 2.03. The Morgan fingerprint density at radius 2 is 1.69 bits per heavy atom. The van der Waals surface area contributed by atoms with Gasteiger partial charge in [0.05, 0.1) is 0 Å². The van der Waals surface area contributed by atoms with Gasteiger partial charge in [-0.25, -0.2) is 0 Å². The number of aromatic nitrogens is 1. The Morgan fingerprint density at radius 3 is 2.23 bits per heavy atom. The van der Waals surface area contributed by atoms with Crippen LogP contribution >= 0.6 is 0 Å². The summed E-state index contributed by atoms with van der Waals surface area (Å²) >= 11 is 0. The first-order valence-corrected chi connectivity index (χ1v) is 5.16. The van der Waals surface area contributed by atoms with Crippen LogP contribution in [0.4, 0.5) is 0 Å². The molecule has 1 aromatic heterocycles. The summed E-state index contributed by atoms with van der Waals surface area (Å²) in [6.45, 7) is 6.37. The molecule has 0 spiro atoms. The van der Waals surface area contributed by atoms with Crippen molar-refractivity contribution in [3.63, 3.8) is 0 Å². The zero-order valence-corrected chi connectivity index (χ0v) is 8.93. The van der Waals surface area contributed by atoms with Crippen LogP contribution in [0.15, 0.2) is 12.1 Å². The molecule has 0 amide bonds. The van der Waals surface area contributed by atoms with Gasteiger partial charge in [0.1, 0.15) is 0 Å². The molecule has 0 radical (unpaired) electrons. The van der Waals surface area contributed by atoms with Crippen LogP contribution in [-0.4, -0.2) is 4.98 Å². The summed E-state index contributed by atoms with van der Waals surface area (Å²) in [5.41, 5.74) is 3.73. The largest absolute Gasteiger partial charge is 0.258 e. The van der Waals surface area contributed by atoms with E-state index in [1.54, 1.807) is 0 Å². The van der Waals surface area contributed by atoms with Gasteiger partial charge in [-0.2, -0.15) is 0 Å². The van der Waals surface area contributed by atoms with Crippen molar-refractivity contribution in [1.29, 1.82) is 0 Å². The van der Waals surface area contributed by atoms with Gasteiger partial charge in [0.15, 0.2) is 0 Å². The molecule has 0 bridgehead atoms. The standard InChI is InChI=1S/C12H19N/c1-4-5-6-7-12-8-10(2)13-11(3)9-12/h8-9H,4-7H2,1-3H3. The van der Waals surface area contributed by atoms with E-state index in [0.29, 0.717) is 0 Å². The number of hydrogen-bond donors (Lipinski definition) is 0. The second-order valence-corrected chi connectivity index (χ2v) is 3.72. The SMILES string of the molecule is CCCCCc1cc(C)nc(C)c1. The van der Waals surface area contributed by atoms with Crippen LogP contribution in [0.25, 0.3) is 0 Å². The Bertz CT molecular complexity index is 246. The van der Waals surface area contributed by atoms with Gasteiger partial charge in [0.2, 0.25) is 0 Å². The monoisotopic (exact) mass is 177 g/mol. The van der Waals surface area contributed by atoms with E-state index in [1.807, 2.05) is 0 Å². The smallest absolute Gasteiger partial charge is 0.0378 e. The van der Waals surface area contributed by atoms with Crippen LogP contribution in [0.3, 0.4) is 0 Å². The highest BCUT2D eigenvalue weighted by atomic mass is 14.7. The summed E-state index contributed by atoms with van der Waals surface area (Å²) in [5.74, 6) is 0. The molecule has 1 nitrogen and oxygen atoms in total. The molecule has 0 aromatic carbocycles. The molecule has 1 heteroatoms. The van der Waals surface area contributed by atoms with Crippen LogP contribution in [0.1, 0.15) is 43.1 Å². The Balaban J connectivity index is 2.56. The van der Waals surface area contributed by atoms with Gasteiger partial charge < -0.3 is 0 Å². The molecule has 0 aliphatic heterocycles. The van der Waals surface area contributed by atoms with Crippen LogP contribution in [0.5, 0.6) is 0 Å². The third-order valence-corrected chi connectivity index (χ3v) is 2.21. The molecule has 0 fully saturated rings. The highest BCUT2D eigenvalue weighted by Crippen LogP contribution is 2.09. The number of unbranched alkanes of at least 4 members (excludes halogenated alkanes) is 2. The minimum atomic E-state index is 1.14. The predicted octanol–water partition coefficient (Wildman–Crippen LogP) is 3.43. The number of aryl methyl sites for hydroxylation is 3. The molecule has 0 unspecified atom stereocenters. The van der Waals surface area contributed by atoms with Crippen LogP contribution in [0, 0.1) is 13.8 Å². The van der Waals surface area contributed by atoms with Crippen LogP contribution < -0.4 is 0 Å². The van der Waals surface area contributed by atoms with Crippen molar-refractivity contribution in [2.24, 2.45) is 0 Å². The summed E-state index contributed by atoms with van der Waals surface area (Å²) in [4.78, 5) is 4.36. The third kappa shape index (κ3) is 3.58. The minimum Gasteiger partial charge on any atom is -0.258 e. The van der Waals surface area contributed by atoms with E-state index in [2.05, 4.69) is 37.9 Å². The Hall–Kier alpha value is -0.850. The minimum absolute atomic E-state index is 1.14. The average molecular weight is 177 g/mol. The summed E-state index contributed by atoms with van der Waals surface area (Å²) in [5, 5.41) is 0. The van der Waals surface area contributed by atoms with Crippen molar-refractivity contribution >= 4 is 0 Å². The first-order chi connectivity index (χ1) is 6.22. The van der Waals surface area contributed by atoms with Gasteiger partial charge in [0.25, 0.3) is 0 Å². The lowest BCUT2D eigenvalue weighted by atomic mass is 10.1. The van der Waals surface area contributed by atoms with E-state index in [9.17, 15) is 0 Å². The number of rotatable bonds is 4. The molecule has 0 aliphatic carbocycles. The van der Waals surface area contributed by atoms with Crippen molar-refractivity contribution in [2.45, 2.75) is 46.5 Å². The zero-order valence-electron chi connectivity index (χ0n) is 8.93. The van der Waals surface area contributed by atoms with Gasteiger partial charge >= 0.3 is 0 Å². The zero-order chi connectivity index (χ0) is 9.68. The molecule has 1 aromatic rings. The molecule has 0 atom stereocenters. The van der Waals surface area contributed by atoms with Crippen molar-refractivity contribution in [3.05, 3.63) is 29.1 Å². The molecular weight excluding hydrogens is 158 g/mol. The van der Waals surface area contributed by atoms with Crippen molar-refractivity contribution in [3.8, 4) is 0 Å². The first-order valence-electron chi connectivity index (χ1n) is 5.16. The van der Waals surface area contributed by atoms with Gasteiger partial charge in [-0.05, 0) is 44.4 Å². The Kier molecular flexibility index (Phi) is 3.94. The maximum Gasteiger partial charge on any atom is 0.0378 e. The highest BCUT2D eigenvalue weighted by molar-refractivity contribution is 5.20. The maximum atomic E-state index is 4.36. The summed E-state index contributed by atoms with van der Waals surface area (Å²) in [6, 6.07) is 4.39. The fraction of sp³-hybridized carbons (Fsp3) is 0.583. The number of hydrogen-bond acceptors (Lipinski definition) is 1. The van der Waals surface area contributed by atoms with Crippen LogP contribution in [0.2, 0.25) is 0 Å². The molecule has 72 valence electrons. The Labute approximate surface area is 81.2 Å². The Morgan fingerprint density at radius 1 is 1.08 bits per heavy atom. The normalized spacial score (nSPS) is 10.4. The molecule has 0 N–H and O–H groups in total. The van der Waals surface area contributed by atoms with Crippen molar-refractivity contribution in [1.82, 2.24) is 4.98 Å². The molecule has 1 heterocycles. The summed E-state index contributed by atoms with van der Waals surface area (Å²) in [7, 11) is 0. The van der Waals surface area contributed by atoms with E-state index >= 15 is 0 Å². The predicted molar refractivity (Wildman–Crippen MR) is 56.9 cm³/mol. The quantitative estimate of drug-likeness (QED) is 0.642. The lowest BCUT2D eigenvalue weighted by Crippen LogP contribution is -1.92. The lowest BCUT2D eigenvalue weighted by Gasteiger charge is -2.03. The third-order valence-electron chi connectivity index (χ3n) is 2.21. The summed E-state index contributed by atoms with van der Waals surface area (Å²) < 4.78 is 0. The number of pyridine rings is 1. The lowest BCUT2D eigenvalue weighted by molar-refractivity contribution is 0.716. The van der Waals surface area contributed by atoms with Crippen molar-refractivity contribution in [2.75, 3.05) is 0 Å². The number of nitrogens with zero attached hydrogens (tertiary/aromatic N) is 1. The fourth-order valence-corrected chi connectivity index (χ4v) is 1.64. The van der Waals surface area contributed by atoms with Crippen molar-refractivity contribution < 1.29 is 0 Å². The van der Waals surface area contributed by atoms with E-state index < -0.39 is 0 Å². The second-order valence-electron chi connectivity index (χ2n) is 3.72. The molecule has 0 saturated carbocycles. The summed E-state index contributed by atoms with van der Waals surface area (Å²) in [6.07, 6.45) is 5.14. The van der Waals surface area contributed by atoms with Crippen LogP contribution in [-0.2, 0) is 6.42 Å². The van der Waals surface area contributed by atoms with Gasteiger partial charge in [0, 0.05) is 11.4 Å². The molecular formula is C12H19N. The second kappa shape index (κ2) is 5.00. The van der Waals surface area contributed by atoms with E-state index in [-0.39, 0.29) is 0 Å². The molecule has 13 heavy (non-hydrogen) atoms. The maximum absolute atomic E-state index is 4.36.